The van der Waals surface area contributed by atoms with Gasteiger partial charge in [0.05, 0.1) is 0 Å². The summed E-state index contributed by atoms with van der Waals surface area (Å²) < 4.78 is 0. The van der Waals surface area contributed by atoms with Crippen molar-refractivity contribution >= 4 is 7.48 Å². The molecule has 0 aliphatic rings. The Morgan fingerprint density at radius 2 is 1.83 bits per heavy atom. The molecule has 0 aliphatic heterocycles. The molecule has 1 N–H and O–H groups in total. The van der Waals surface area contributed by atoms with Gasteiger partial charge in [-0.2, -0.15) is 0 Å². The first-order valence-corrected chi connectivity index (χ1v) is 4.43. The first kappa shape index (κ1) is 9.33. The molecule has 0 fully saturated rings. The summed E-state index contributed by atoms with van der Waals surface area (Å²) in [6.07, 6.45) is 4.16. The van der Waals surface area contributed by atoms with Crippen LogP contribution in [0, 0.1) is 0 Å². The Hall–Kier alpha value is -0.755. The Bertz CT molecular complexity index is 198. The van der Waals surface area contributed by atoms with Gasteiger partial charge >= 0.3 is 0 Å². The first-order chi connectivity index (χ1) is 5.93. The predicted molar refractivity (Wildman–Crippen MR) is 52.2 cm³/mol. The van der Waals surface area contributed by atoms with E-state index in [2.05, 4.69) is 24.3 Å². The quantitative estimate of drug-likeness (QED) is 0.517. The molecule has 0 aliphatic carbocycles. The highest BCUT2D eigenvalue weighted by Crippen LogP contribution is 2.05. The minimum Gasteiger partial charge on any atom is -0.454 e. The zero-order valence-electron chi connectivity index (χ0n) is 7.24. The van der Waals surface area contributed by atoms with Crippen molar-refractivity contribution in [1.29, 1.82) is 0 Å². The average Bonchev–Trinajstić information content (AvgIpc) is 2.14. The van der Waals surface area contributed by atoms with E-state index in [0.29, 0.717) is 0 Å². The number of aryl methyl sites for hydroxylation is 1. The molecule has 0 atom stereocenters. The van der Waals surface area contributed by atoms with Crippen LogP contribution in [-0.2, 0) is 6.42 Å². The third-order valence-corrected chi connectivity index (χ3v) is 1.89. The molecule has 0 unspecified atom stereocenters. The van der Waals surface area contributed by atoms with Gasteiger partial charge < -0.3 is 5.02 Å². The van der Waals surface area contributed by atoms with Crippen LogP contribution >= 0.6 is 0 Å². The van der Waals surface area contributed by atoms with Crippen molar-refractivity contribution in [2.24, 2.45) is 0 Å². The second kappa shape index (κ2) is 5.84. The Morgan fingerprint density at radius 3 is 2.50 bits per heavy atom. The lowest BCUT2D eigenvalue weighted by Crippen LogP contribution is -1.88. The SMILES string of the molecule is O[B]CCCCc1ccccc1. The summed E-state index contributed by atoms with van der Waals surface area (Å²) in [5, 5.41) is 8.44. The van der Waals surface area contributed by atoms with Crippen LogP contribution in [-0.4, -0.2) is 12.5 Å². The summed E-state index contributed by atoms with van der Waals surface area (Å²) >= 11 is 0. The van der Waals surface area contributed by atoms with Crippen LogP contribution in [0.2, 0.25) is 6.32 Å². The lowest BCUT2D eigenvalue weighted by Gasteiger charge is -1.98. The summed E-state index contributed by atoms with van der Waals surface area (Å²) in [5.74, 6) is 0. The van der Waals surface area contributed by atoms with Crippen molar-refractivity contribution in [2.45, 2.75) is 25.6 Å². The molecule has 0 saturated carbocycles. The maximum Gasteiger partial charge on any atom is 0.287 e. The van der Waals surface area contributed by atoms with E-state index in [9.17, 15) is 0 Å². The number of benzene rings is 1. The Kier molecular flexibility index (Phi) is 4.54. The summed E-state index contributed by atoms with van der Waals surface area (Å²) in [7, 11) is 1.24. The molecule has 0 amide bonds. The predicted octanol–water partition coefficient (Wildman–Crippen LogP) is 2.04. The molecule has 1 aromatic rings. The van der Waals surface area contributed by atoms with Crippen LogP contribution < -0.4 is 0 Å². The van der Waals surface area contributed by atoms with Crippen LogP contribution in [0.5, 0.6) is 0 Å². The molecular weight excluding hydrogens is 147 g/mol. The standard InChI is InChI=1S/C10H14BO/c12-11-9-5-4-8-10-6-2-1-3-7-10/h1-3,6-7,12H,4-5,8-9H2. The van der Waals surface area contributed by atoms with Gasteiger partial charge in [0.2, 0.25) is 0 Å². The molecule has 1 nitrogen and oxygen atoms in total. The van der Waals surface area contributed by atoms with Gasteiger partial charge in [0, 0.05) is 0 Å². The van der Waals surface area contributed by atoms with E-state index < -0.39 is 0 Å². The minimum atomic E-state index is 0.812. The average molecular weight is 161 g/mol. The van der Waals surface area contributed by atoms with Crippen molar-refractivity contribution < 1.29 is 5.02 Å². The van der Waals surface area contributed by atoms with E-state index in [1.807, 2.05) is 6.07 Å². The minimum absolute atomic E-state index is 0.812. The summed E-state index contributed by atoms with van der Waals surface area (Å²) in [6, 6.07) is 10.4. The normalized spacial score (nSPS) is 9.75. The van der Waals surface area contributed by atoms with Crippen molar-refractivity contribution in [3.05, 3.63) is 35.9 Å². The van der Waals surface area contributed by atoms with Crippen molar-refractivity contribution in [3.8, 4) is 0 Å². The van der Waals surface area contributed by atoms with Crippen molar-refractivity contribution in [3.63, 3.8) is 0 Å². The maximum absolute atomic E-state index is 8.44. The third kappa shape index (κ3) is 3.58. The topological polar surface area (TPSA) is 20.2 Å². The third-order valence-electron chi connectivity index (χ3n) is 1.89. The van der Waals surface area contributed by atoms with Crippen molar-refractivity contribution in [2.75, 3.05) is 0 Å². The van der Waals surface area contributed by atoms with Crippen molar-refractivity contribution in [1.82, 2.24) is 0 Å². The van der Waals surface area contributed by atoms with E-state index in [0.717, 1.165) is 25.6 Å². The molecule has 0 aromatic heterocycles. The fourth-order valence-corrected chi connectivity index (χ4v) is 1.21. The fourth-order valence-electron chi connectivity index (χ4n) is 1.21. The Labute approximate surface area is 74.7 Å². The highest BCUT2D eigenvalue weighted by molar-refractivity contribution is 6.25. The van der Waals surface area contributed by atoms with Gasteiger partial charge in [-0.15, -0.1) is 0 Å². The smallest absolute Gasteiger partial charge is 0.287 e. The number of unbranched alkanes of at least 4 members (excludes halogenated alkanes) is 1. The number of rotatable bonds is 5. The molecule has 1 radical (unpaired) electrons. The van der Waals surface area contributed by atoms with Gasteiger partial charge in [0.15, 0.2) is 0 Å². The lowest BCUT2D eigenvalue weighted by molar-refractivity contribution is 0.593. The zero-order chi connectivity index (χ0) is 8.65. The van der Waals surface area contributed by atoms with Gasteiger partial charge in [-0.25, -0.2) is 0 Å². The maximum atomic E-state index is 8.44. The number of hydrogen-bond acceptors (Lipinski definition) is 1. The molecular formula is C10H14BO. The summed E-state index contributed by atoms with van der Waals surface area (Å²) in [6.45, 7) is 0. The van der Waals surface area contributed by atoms with E-state index >= 15 is 0 Å². The van der Waals surface area contributed by atoms with Crippen LogP contribution in [0.15, 0.2) is 30.3 Å². The van der Waals surface area contributed by atoms with Gasteiger partial charge in [0.25, 0.3) is 7.48 Å². The molecule has 0 spiro atoms. The van der Waals surface area contributed by atoms with Crippen LogP contribution in [0.3, 0.4) is 0 Å². The van der Waals surface area contributed by atoms with Gasteiger partial charge in [-0.05, 0) is 18.4 Å². The number of hydrogen-bond donors (Lipinski definition) is 1. The highest BCUT2D eigenvalue weighted by Gasteiger charge is 1.92. The second-order valence-corrected chi connectivity index (χ2v) is 2.91. The second-order valence-electron chi connectivity index (χ2n) is 2.91. The molecule has 1 aromatic carbocycles. The molecule has 0 bridgehead atoms. The van der Waals surface area contributed by atoms with Gasteiger partial charge in [-0.1, -0.05) is 43.1 Å². The first-order valence-electron chi connectivity index (χ1n) is 4.43. The largest absolute Gasteiger partial charge is 0.454 e. The van der Waals surface area contributed by atoms with Crippen LogP contribution in [0.25, 0.3) is 0 Å². The molecule has 63 valence electrons. The Balaban J connectivity index is 2.16. The van der Waals surface area contributed by atoms with Gasteiger partial charge in [-0.3, -0.25) is 0 Å². The molecule has 1 rings (SSSR count). The zero-order valence-corrected chi connectivity index (χ0v) is 7.24. The fraction of sp³-hybridized carbons (Fsp3) is 0.400. The summed E-state index contributed by atoms with van der Waals surface area (Å²) in [5.41, 5.74) is 1.38. The van der Waals surface area contributed by atoms with E-state index in [1.54, 1.807) is 0 Å². The molecule has 12 heavy (non-hydrogen) atoms. The van der Waals surface area contributed by atoms with E-state index in [-0.39, 0.29) is 0 Å². The van der Waals surface area contributed by atoms with Gasteiger partial charge in [0.1, 0.15) is 0 Å². The van der Waals surface area contributed by atoms with Crippen LogP contribution in [0.1, 0.15) is 18.4 Å². The van der Waals surface area contributed by atoms with Crippen LogP contribution in [0.4, 0.5) is 0 Å². The molecule has 0 heterocycles. The van der Waals surface area contributed by atoms with E-state index in [1.165, 1.54) is 13.0 Å². The molecule has 2 heteroatoms. The highest BCUT2D eigenvalue weighted by atomic mass is 16.2. The molecule has 0 saturated heterocycles. The van der Waals surface area contributed by atoms with E-state index in [4.69, 9.17) is 5.02 Å². The lowest BCUT2D eigenvalue weighted by atomic mass is 9.91. The summed E-state index contributed by atoms with van der Waals surface area (Å²) in [4.78, 5) is 0. The monoisotopic (exact) mass is 161 g/mol. The Morgan fingerprint density at radius 1 is 1.08 bits per heavy atom.